The minimum Gasteiger partial charge on any atom is -0.462 e. The van der Waals surface area contributed by atoms with Crippen molar-refractivity contribution in [2.45, 2.75) is 131 Å². The molecule has 0 aromatic heterocycles. The summed E-state index contributed by atoms with van der Waals surface area (Å²) in [6, 6.07) is 0. The Morgan fingerprint density at radius 2 is 1.62 bits per heavy atom. The minimum absolute atomic E-state index is 0.0156. The quantitative estimate of drug-likeness (QED) is 0.415. The summed E-state index contributed by atoms with van der Waals surface area (Å²) < 4.78 is 12.2. The van der Waals surface area contributed by atoms with Crippen molar-refractivity contribution in [3.63, 3.8) is 0 Å². The van der Waals surface area contributed by atoms with Gasteiger partial charge < -0.3 is 14.6 Å². The van der Waals surface area contributed by atoms with Gasteiger partial charge in [0.1, 0.15) is 17.1 Å². The fourth-order valence-electron chi connectivity index (χ4n) is 12.5. The van der Waals surface area contributed by atoms with E-state index in [9.17, 15) is 14.7 Å². The van der Waals surface area contributed by atoms with Gasteiger partial charge in [-0.1, -0.05) is 41.5 Å². The van der Waals surface area contributed by atoms with Crippen LogP contribution in [0.2, 0.25) is 0 Å². The van der Waals surface area contributed by atoms with E-state index in [2.05, 4.69) is 48.5 Å². The average Bonchev–Trinajstić information content (AvgIpc) is 2.97. The highest BCUT2D eigenvalue weighted by molar-refractivity contribution is 5.82. The fraction of sp³-hybridized carbons (Fsp3) is 0.938. The third-order valence-corrected chi connectivity index (χ3v) is 14.6. The second-order valence-electron chi connectivity index (χ2n) is 15.9. The van der Waals surface area contributed by atoms with Gasteiger partial charge in [-0.3, -0.25) is 9.59 Å². The molecule has 1 saturated heterocycles. The molecule has 1 aliphatic heterocycles. The van der Waals surface area contributed by atoms with Crippen LogP contribution in [0.5, 0.6) is 0 Å². The number of esters is 2. The normalized spacial score (nSPS) is 57.8. The van der Waals surface area contributed by atoms with Crippen LogP contribution < -0.4 is 0 Å². The zero-order chi connectivity index (χ0) is 27.0. The Balaban J connectivity index is 1.40. The predicted molar refractivity (Wildman–Crippen MR) is 141 cm³/mol. The summed E-state index contributed by atoms with van der Waals surface area (Å²) in [6.45, 7) is 18.2. The van der Waals surface area contributed by atoms with E-state index in [0.29, 0.717) is 30.1 Å². The number of fused-ring (bicyclic) bond motifs is 5. The van der Waals surface area contributed by atoms with Crippen molar-refractivity contribution in [1.82, 2.24) is 0 Å². The molecule has 0 spiro atoms. The molecule has 5 nitrogen and oxygen atoms in total. The molecule has 6 rings (SSSR count). The van der Waals surface area contributed by atoms with Crippen LogP contribution in [0.15, 0.2) is 0 Å². The molecule has 0 aromatic carbocycles. The summed E-state index contributed by atoms with van der Waals surface area (Å²) in [5.74, 6) is 1.59. The topological polar surface area (TPSA) is 72.8 Å². The highest BCUT2D eigenvalue weighted by atomic mass is 16.6. The molecule has 208 valence electrons. The van der Waals surface area contributed by atoms with E-state index in [1.807, 2.05) is 0 Å². The van der Waals surface area contributed by atoms with E-state index in [1.54, 1.807) is 6.92 Å². The number of aliphatic hydroxyl groups excluding tert-OH is 1. The smallest absolute Gasteiger partial charge is 0.315 e. The van der Waals surface area contributed by atoms with Crippen LogP contribution in [0.3, 0.4) is 0 Å². The third-order valence-electron chi connectivity index (χ3n) is 14.6. The van der Waals surface area contributed by atoms with Crippen molar-refractivity contribution in [3.8, 4) is 0 Å². The number of ether oxygens (including phenoxy) is 2. The van der Waals surface area contributed by atoms with E-state index in [-0.39, 0.29) is 45.6 Å². The lowest BCUT2D eigenvalue weighted by Gasteiger charge is -2.73. The van der Waals surface area contributed by atoms with Gasteiger partial charge in [-0.2, -0.15) is 0 Å². The highest BCUT2D eigenvalue weighted by Crippen LogP contribution is 2.78. The Morgan fingerprint density at radius 3 is 2.30 bits per heavy atom. The van der Waals surface area contributed by atoms with E-state index in [4.69, 9.17) is 9.47 Å². The first-order valence-electron chi connectivity index (χ1n) is 15.2. The third kappa shape index (κ3) is 2.86. The van der Waals surface area contributed by atoms with Crippen LogP contribution in [0.4, 0.5) is 0 Å². The number of carbonyl (C=O) groups excluding carboxylic acids is 2. The molecule has 0 amide bonds. The van der Waals surface area contributed by atoms with Gasteiger partial charge in [-0.25, -0.2) is 0 Å². The van der Waals surface area contributed by atoms with E-state index >= 15 is 0 Å². The second kappa shape index (κ2) is 7.55. The molecule has 5 aliphatic carbocycles. The second-order valence-corrected chi connectivity index (χ2v) is 15.9. The molecule has 2 bridgehead atoms. The van der Waals surface area contributed by atoms with Crippen LogP contribution >= 0.6 is 0 Å². The predicted octanol–water partition coefficient (Wildman–Crippen LogP) is 6.31. The van der Waals surface area contributed by atoms with Gasteiger partial charge in [0, 0.05) is 18.3 Å². The van der Waals surface area contributed by atoms with Crippen LogP contribution in [-0.2, 0) is 19.1 Å². The Morgan fingerprint density at radius 1 is 0.919 bits per heavy atom. The van der Waals surface area contributed by atoms with Gasteiger partial charge in [-0.15, -0.1) is 0 Å². The van der Waals surface area contributed by atoms with Crippen molar-refractivity contribution in [1.29, 1.82) is 0 Å². The maximum atomic E-state index is 13.5. The molecule has 1 N–H and O–H groups in total. The van der Waals surface area contributed by atoms with Crippen LogP contribution in [0.25, 0.3) is 0 Å². The molecule has 5 heteroatoms. The maximum Gasteiger partial charge on any atom is 0.315 e. The summed E-state index contributed by atoms with van der Waals surface area (Å²) in [4.78, 5) is 25.4. The summed E-state index contributed by atoms with van der Waals surface area (Å²) in [7, 11) is 0. The van der Waals surface area contributed by atoms with Gasteiger partial charge in [0.2, 0.25) is 0 Å². The Labute approximate surface area is 223 Å². The molecule has 6 fully saturated rings. The SMILES string of the molecule is CC(=O)O[C@H]1CC[C@]2(C)[C@H]3CC[C@@H]4[C@@H]5[C@@]6(C)OC(=O)[C@@]5(CC[C@H]6C)[C@H](O)C[C@@]4(C)[C@]3(C)CC[C@H]2C1(C)C. The first-order valence-corrected chi connectivity index (χ1v) is 15.2. The van der Waals surface area contributed by atoms with Crippen molar-refractivity contribution < 1.29 is 24.2 Å². The van der Waals surface area contributed by atoms with Gasteiger partial charge in [0.25, 0.3) is 0 Å². The van der Waals surface area contributed by atoms with E-state index < -0.39 is 17.1 Å². The summed E-state index contributed by atoms with van der Waals surface area (Å²) >= 11 is 0. The lowest BCUT2D eigenvalue weighted by Crippen LogP contribution is -2.71. The first kappa shape index (κ1) is 26.1. The summed E-state index contributed by atoms with van der Waals surface area (Å²) in [5, 5.41) is 11.9. The number of hydrogen-bond acceptors (Lipinski definition) is 5. The van der Waals surface area contributed by atoms with Crippen molar-refractivity contribution in [2.24, 2.45) is 56.7 Å². The van der Waals surface area contributed by atoms with E-state index in [1.165, 1.54) is 6.42 Å². The molecule has 12 atom stereocenters. The molecule has 0 aromatic rings. The summed E-state index contributed by atoms with van der Waals surface area (Å²) in [5.41, 5.74) is -1.01. The van der Waals surface area contributed by atoms with Crippen LogP contribution in [-0.4, -0.2) is 34.9 Å². The molecular formula is C32H50O5. The molecule has 37 heavy (non-hydrogen) atoms. The Kier molecular flexibility index (Phi) is 5.33. The monoisotopic (exact) mass is 514 g/mol. The average molecular weight is 515 g/mol. The molecule has 5 saturated carbocycles. The van der Waals surface area contributed by atoms with Crippen LogP contribution in [0, 0.1) is 56.7 Å². The van der Waals surface area contributed by atoms with Crippen molar-refractivity contribution in [2.75, 3.05) is 0 Å². The highest BCUT2D eigenvalue weighted by Gasteiger charge is 2.79. The zero-order valence-corrected chi connectivity index (χ0v) is 24.5. The lowest BCUT2D eigenvalue weighted by molar-refractivity contribution is -0.272. The van der Waals surface area contributed by atoms with E-state index in [0.717, 1.165) is 44.9 Å². The first-order chi connectivity index (χ1) is 17.1. The number of carbonyl (C=O) groups is 2. The van der Waals surface area contributed by atoms with Gasteiger partial charge >= 0.3 is 11.9 Å². The van der Waals surface area contributed by atoms with Gasteiger partial charge in [0.05, 0.1) is 6.10 Å². The zero-order valence-electron chi connectivity index (χ0n) is 24.5. The molecule has 6 aliphatic rings. The molecular weight excluding hydrogens is 464 g/mol. The number of aliphatic hydroxyl groups is 1. The fourth-order valence-corrected chi connectivity index (χ4v) is 12.5. The lowest BCUT2D eigenvalue weighted by atomic mass is 9.31. The number of rotatable bonds is 1. The molecule has 1 heterocycles. The molecule has 0 unspecified atom stereocenters. The van der Waals surface area contributed by atoms with Gasteiger partial charge in [-0.05, 0) is 105 Å². The largest absolute Gasteiger partial charge is 0.462 e. The van der Waals surface area contributed by atoms with Crippen molar-refractivity contribution in [3.05, 3.63) is 0 Å². The molecule has 0 radical (unpaired) electrons. The maximum absolute atomic E-state index is 13.5. The minimum atomic E-state index is -0.709. The van der Waals surface area contributed by atoms with Gasteiger partial charge in [0.15, 0.2) is 0 Å². The Bertz CT molecular complexity index is 1020. The summed E-state index contributed by atoms with van der Waals surface area (Å²) in [6.07, 6.45) is 8.37. The Hall–Kier alpha value is -1.10. The number of hydrogen-bond donors (Lipinski definition) is 1. The standard InChI is InChI=1S/C32H50O5/c1-18-11-16-32-23(34)17-30(7)20(25(32)31(18,8)37-26(32)35)9-10-22-28(5)14-13-24(36-19(2)33)27(3,4)21(28)12-15-29(22,30)6/h18,20-25,34H,9-17H2,1-8H3/t18-,20-,21+,22-,23-,24+,25-,28+,29-,30-,31+,32+/m1/s1. The van der Waals surface area contributed by atoms with Crippen molar-refractivity contribution >= 4 is 11.9 Å². The van der Waals surface area contributed by atoms with Crippen LogP contribution in [0.1, 0.15) is 113 Å².